The Kier molecular flexibility index (Phi) is 5.58. The molecule has 0 atom stereocenters. The van der Waals surface area contributed by atoms with Gasteiger partial charge in [-0.05, 0) is 25.1 Å². The van der Waals surface area contributed by atoms with Crippen LogP contribution in [0.5, 0.6) is 5.75 Å². The number of ether oxygens (including phenoxy) is 1. The van der Waals surface area contributed by atoms with Crippen LogP contribution in [0.4, 0.5) is 5.69 Å². The maximum atomic E-state index is 13.3. The molecular formula is C23H23N5O3. The fourth-order valence-electron chi connectivity index (χ4n) is 3.98. The zero-order valence-corrected chi connectivity index (χ0v) is 17.5. The second kappa shape index (κ2) is 8.48. The zero-order chi connectivity index (χ0) is 22.0. The van der Waals surface area contributed by atoms with Crippen molar-refractivity contribution in [3.05, 3.63) is 64.1 Å². The Labute approximate surface area is 179 Å². The molecule has 31 heavy (non-hydrogen) atoms. The standard InChI is InChI=1S/C23H23N5O3/c1-3-28-22(29)18-9-5-4-8-17(18)20(25-28)23(30)27-13-11-26(12-14-27)19-10-6-7-16(15-24)21(19)31-2/h4-10H,3,11-14H2,1-2H3. The topological polar surface area (TPSA) is 91.5 Å². The lowest BCUT2D eigenvalue weighted by molar-refractivity contribution is 0.0740. The first-order valence-electron chi connectivity index (χ1n) is 10.2. The SMILES string of the molecule is CCn1nc(C(=O)N2CCN(c3cccc(C#N)c3OC)CC2)c2ccccc2c1=O. The Hall–Kier alpha value is -3.86. The van der Waals surface area contributed by atoms with E-state index < -0.39 is 0 Å². The number of aryl methyl sites for hydroxylation is 1. The van der Waals surface area contributed by atoms with Crippen molar-refractivity contribution in [3.8, 4) is 11.8 Å². The second-order valence-electron chi connectivity index (χ2n) is 7.26. The lowest BCUT2D eigenvalue weighted by atomic mass is 10.1. The number of para-hydroxylation sites is 1. The van der Waals surface area contributed by atoms with Crippen molar-refractivity contribution < 1.29 is 9.53 Å². The van der Waals surface area contributed by atoms with Gasteiger partial charge in [-0.1, -0.05) is 24.3 Å². The van der Waals surface area contributed by atoms with E-state index >= 15 is 0 Å². The summed E-state index contributed by atoms with van der Waals surface area (Å²) in [6, 6.07) is 14.7. The van der Waals surface area contributed by atoms with E-state index in [9.17, 15) is 14.9 Å². The molecule has 0 saturated carbocycles. The number of aromatic nitrogens is 2. The summed E-state index contributed by atoms with van der Waals surface area (Å²) in [5.74, 6) is 0.364. The first kappa shape index (κ1) is 20.4. The average molecular weight is 417 g/mol. The van der Waals surface area contributed by atoms with E-state index in [0.717, 1.165) is 5.69 Å². The average Bonchev–Trinajstić information content (AvgIpc) is 2.83. The summed E-state index contributed by atoms with van der Waals surface area (Å²) in [5, 5.41) is 14.8. The molecule has 2 aromatic carbocycles. The van der Waals surface area contributed by atoms with Gasteiger partial charge in [0.25, 0.3) is 11.5 Å². The molecule has 1 fully saturated rings. The van der Waals surface area contributed by atoms with Crippen molar-refractivity contribution >= 4 is 22.4 Å². The van der Waals surface area contributed by atoms with Crippen LogP contribution in [-0.4, -0.2) is 53.9 Å². The van der Waals surface area contributed by atoms with Gasteiger partial charge in [-0.3, -0.25) is 9.59 Å². The number of amides is 1. The Bertz CT molecular complexity index is 1240. The van der Waals surface area contributed by atoms with Crippen LogP contribution in [-0.2, 0) is 6.54 Å². The highest BCUT2D eigenvalue weighted by Crippen LogP contribution is 2.32. The number of carbonyl (C=O) groups is 1. The summed E-state index contributed by atoms with van der Waals surface area (Å²) in [5.41, 5.74) is 1.44. The number of anilines is 1. The van der Waals surface area contributed by atoms with Gasteiger partial charge in [0.2, 0.25) is 0 Å². The van der Waals surface area contributed by atoms with Crippen molar-refractivity contribution in [2.45, 2.75) is 13.5 Å². The summed E-state index contributed by atoms with van der Waals surface area (Å²) in [4.78, 5) is 29.8. The van der Waals surface area contributed by atoms with E-state index in [0.29, 0.717) is 60.5 Å². The van der Waals surface area contributed by atoms with E-state index in [1.54, 1.807) is 36.3 Å². The van der Waals surface area contributed by atoms with E-state index in [-0.39, 0.29) is 11.5 Å². The number of nitriles is 1. The largest absolute Gasteiger partial charge is 0.493 e. The highest BCUT2D eigenvalue weighted by atomic mass is 16.5. The maximum absolute atomic E-state index is 13.3. The van der Waals surface area contributed by atoms with Crippen molar-refractivity contribution in [1.82, 2.24) is 14.7 Å². The summed E-state index contributed by atoms with van der Waals surface area (Å²) in [6.07, 6.45) is 0. The van der Waals surface area contributed by atoms with Crippen LogP contribution in [0.25, 0.3) is 10.8 Å². The molecule has 1 aliphatic heterocycles. The van der Waals surface area contributed by atoms with Crippen LogP contribution >= 0.6 is 0 Å². The fourth-order valence-corrected chi connectivity index (χ4v) is 3.98. The number of benzene rings is 2. The van der Waals surface area contributed by atoms with Crippen LogP contribution in [0.15, 0.2) is 47.3 Å². The first-order chi connectivity index (χ1) is 15.1. The molecule has 8 nitrogen and oxygen atoms in total. The van der Waals surface area contributed by atoms with Gasteiger partial charge in [0.05, 0.1) is 23.7 Å². The number of methoxy groups -OCH3 is 1. The van der Waals surface area contributed by atoms with E-state index in [1.807, 2.05) is 25.1 Å². The monoisotopic (exact) mass is 417 g/mol. The third-order valence-corrected chi connectivity index (χ3v) is 5.60. The molecule has 1 amide bonds. The fraction of sp³-hybridized carbons (Fsp3) is 0.304. The normalized spacial score (nSPS) is 13.8. The van der Waals surface area contributed by atoms with Gasteiger partial charge in [-0.15, -0.1) is 0 Å². The number of hydrogen-bond donors (Lipinski definition) is 0. The maximum Gasteiger partial charge on any atom is 0.275 e. The van der Waals surface area contributed by atoms with Gasteiger partial charge in [0, 0.05) is 38.1 Å². The third kappa shape index (κ3) is 3.59. The lowest BCUT2D eigenvalue weighted by Crippen LogP contribution is -2.49. The molecule has 0 bridgehead atoms. The molecule has 2 heterocycles. The minimum absolute atomic E-state index is 0.184. The van der Waals surface area contributed by atoms with Gasteiger partial charge in [0.15, 0.2) is 11.4 Å². The minimum Gasteiger partial charge on any atom is -0.493 e. The van der Waals surface area contributed by atoms with Crippen LogP contribution in [0.2, 0.25) is 0 Å². The van der Waals surface area contributed by atoms with Crippen LogP contribution in [0.3, 0.4) is 0 Å². The Morgan fingerprint density at radius 2 is 1.81 bits per heavy atom. The first-order valence-corrected chi connectivity index (χ1v) is 10.2. The quantitative estimate of drug-likeness (QED) is 0.647. The van der Waals surface area contributed by atoms with Crippen LogP contribution in [0, 0.1) is 11.3 Å². The van der Waals surface area contributed by atoms with Gasteiger partial charge < -0.3 is 14.5 Å². The molecule has 0 radical (unpaired) electrons. The Morgan fingerprint density at radius 1 is 1.10 bits per heavy atom. The molecule has 0 aliphatic carbocycles. The van der Waals surface area contributed by atoms with Crippen LogP contribution in [0.1, 0.15) is 23.0 Å². The van der Waals surface area contributed by atoms with Crippen LogP contribution < -0.4 is 15.2 Å². The molecule has 0 spiro atoms. The molecule has 0 N–H and O–H groups in total. The van der Waals surface area contributed by atoms with Crippen molar-refractivity contribution in [1.29, 1.82) is 5.26 Å². The Balaban J connectivity index is 1.60. The summed E-state index contributed by atoms with van der Waals surface area (Å²) >= 11 is 0. The van der Waals surface area contributed by atoms with E-state index in [4.69, 9.17) is 4.74 Å². The molecule has 8 heteroatoms. The van der Waals surface area contributed by atoms with Gasteiger partial charge in [0.1, 0.15) is 6.07 Å². The molecule has 1 aromatic heterocycles. The Morgan fingerprint density at radius 3 is 2.45 bits per heavy atom. The number of fused-ring (bicyclic) bond motifs is 1. The molecule has 1 saturated heterocycles. The van der Waals surface area contributed by atoms with Gasteiger partial charge in [-0.2, -0.15) is 10.4 Å². The smallest absolute Gasteiger partial charge is 0.275 e. The third-order valence-electron chi connectivity index (χ3n) is 5.60. The van der Waals surface area contributed by atoms with Crippen molar-refractivity contribution in [2.24, 2.45) is 0 Å². The molecule has 158 valence electrons. The molecule has 3 aromatic rings. The second-order valence-corrected chi connectivity index (χ2v) is 7.26. The number of carbonyl (C=O) groups excluding carboxylic acids is 1. The number of hydrogen-bond acceptors (Lipinski definition) is 6. The van der Waals surface area contributed by atoms with E-state index in [1.165, 1.54) is 4.68 Å². The predicted molar refractivity (Wildman–Crippen MR) is 118 cm³/mol. The minimum atomic E-state index is -0.191. The molecule has 0 unspecified atom stereocenters. The predicted octanol–water partition coefficient (Wildman–Crippen LogP) is 2.26. The zero-order valence-electron chi connectivity index (χ0n) is 17.5. The molecular weight excluding hydrogens is 394 g/mol. The van der Waals surface area contributed by atoms with Gasteiger partial charge in [-0.25, -0.2) is 4.68 Å². The summed E-state index contributed by atoms with van der Waals surface area (Å²) < 4.78 is 6.80. The number of piperazine rings is 1. The highest BCUT2D eigenvalue weighted by molar-refractivity contribution is 6.04. The van der Waals surface area contributed by atoms with Crippen molar-refractivity contribution in [2.75, 3.05) is 38.2 Å². The summed E-state index contributed by atoms with van der Waals surface area (Å²) in [6.45, 7) is 4.43. The number of nitrogens with zero attached hydrogens (tertiary/aromatic N) is 5. The molecule has 1 aliphatic rings. The highest BCUT2D eigenvalue weighted by Gasteiger charge is 2.27. The summed E-state index contributed by atoms with van der Waals surface area (Å²) in [7, 11) is 1.55. The van der Waals surface area contributed by atoms with Gasteiger partial charge >= 0.3 is 0 Å². The van der Waals surface area contributed by atoms with Crippen molar-refractivity contribution in [3.63, 3.8) is 0 Å². The lowest BCUT2D eigenvalue weighted by Gasteiger charge is -2.36. The molecule has 4 rings (SSSR count). The van der Waals surface area contributed by atoms with E-state index in [2.05, 4.69) is 16.1 Å². The number of rotatable bonds is 4.